The van der Waals surface area contributed by atoms with Crippen LogP contribution in [-0.2, 0) is 9.59 Å². The summed E-state index contributed by atoms with van der Waals surface area (Å²) < 4.78 is 12.5. The lowest BCUT2D eigenvalue weighted by molar-refractivity contribution is -0.138. The van der Waals surface area contributed by atoms with Crippen LogP contribution in [0.15, 0.2) is 109 Å². The Labute approximate surface area is 268 Å². The van der Waals surface area contributed by atoms with Crippen LogP contribution in [0.2, 0.25) is 0 Å². The van der Waals surface area contributed by atoms with Crippen molar-refractivity contribution in [3.63, 3.8) is 0 Å². The van der Waals surface area contributed by atoms with E-state index in [1.165, 1.54) is 0 Å². The molecule has 0 unspecified atom stereocenters. The van der Waals surface area contributed by atoms with Gasteiger partial charge in [0.05, 0.1) is 23.2 Å². The zero-order chi connectivity index (χ0) is 31.2. The molecule has 6 saturated heterocycles. The number of hydrogen-bond acceptors (Lipinski definition) is 6. The van der Waals surface area contributed by atoms with Crippen molar-refractivity contribution >= 4 is 34.6 Å². The average molecular weight is 613 g/mol. The molecule has 0 aromatic heterocycles. The second-order valence-electron chi connectivity index (χ2n) is 13.3. The third-order valence-electron chi connectivity index (χ3n) is 10.9. The normalized spacial score (nSPS) is 30.9. The van der Waals surface area contributed by atoms with Gasteiger partial charge in [-0.1, -0.05) is 60.7 Å². The molecule has 0 spiro atoms. The van der Waals surface area contributed by atoms with Crippen LogP contribution in [0.3, 0.4) is 0 Å². The van der Waals surface area contributed by atoms with Crippen molar-refractivity contribution in [2.75, 3.05) is 19.6 Å². The first kappa shape index (κ1) is 27.3. The maximum absolute atomic E-state index is 13.1. The van der Waals surface area contributed by atoms with Crippen LogP contribution in [0.5, 0.6) is 11.5 Å². The van der Waals surface area contributed by atoms with Crippen LogP contribution >= 0.6 is 0 Å². The minimum atomic E-state index is -0.561. The summed E-state index contributed by atoms with van der Waals surface area (Å²) in [6, 6.07) is 36.2. The van der Waals surface area contributed by atoms with E-state index in [0.29, 0.717) is 0 Å². The highest BCUT2D eigenvalue weighted by atomic mass is 16.5. The Morgan fingerprint density at radius 2 is 0.891 bits per heavy atom. The third kappa shape index (κ3) is 3.61. The predicted octanol–water partition coefficient (Wildman–Crippen LogP) is 6.77. The fraction of sp³-hybridized carbons (Fsp3) is 0.316. The van der Waals surface area contributed by atoms with E-state index < -0.39 is 11.4 Å². The van der Waals surface area contributed by atoms with Crippen LogP contribution in [0.4, 0.5) is 22.7 Å². The van der Waals surface area contributed by atoms with Gasteiger partial charge in [-0.25, -0.2) is 0 Å². The lowest BCUT2D eigenvalue weighted by Gasteiger charge is -2.57. The van der Waals surface area contributed by atoms with Gasteiger partial charge >= 0.3 is 0 Å². The zero-order valence-electron chi connectivity index (χ0n) is 26.0. The van der Waals surface area contributed by atoms with Crippen LogP contribution in [0.25, 0.3) is 0 Å². The molecular formula is C38H36N4O4. The van der Waals surface area contributed by atoms with E-state index in [2.05, 4.69) is 35.8 Å². The molecule has 8 heteroatoms. The van der Waals surface area contributed by atoms with E-state index in [4.69, 9.17) is 9.47 Å². The first-order valence-electron chi connectivity index (χ1n) is 16.3. The Kier molecular flexibility index (Phi) is 5.80. The Balaban J connectivity index is 0.000000127. The summed E-state index contributed by atoms with van der Waals surface area (Å²) in [7, 11) is 0. The van der Waals surface area contributed by atoms with Gasteiger partial charge < -0.3 is 19.3 Å². The smallest absolute Gasteiger partial charge is 0.237 e. The molecule has 2 amide bonds. The van der Waals surface area contributed by atoms with Gasteiger partial charge in [0, 0.05) is 11.4 Å². The van der Waals surface area contributed by atoms with E-state index in [1.54, 1.807) is 0 Å². The number of fused-ring (bicyclic) bond motifs is 6. The molecule has 0 radical (unpaired) electrons. The molecule has 46 heavy (non-hydrogen) atoms. The molecule has 4 aromatic rings. The van der Waals surface area contributed by atoms with Gasteiger partial charge in [0.2, 0.25) is 11.8 Å². The standard InChI is InChI=1S/2C19H18N2O2/c2*1-19-14-11-12-17(20(18(14)22)13-7-3-2-4-8-13)21(19)15-9-5-6-10-16(15)23-19/h2*2-10,14,17H,11-12H2,1H3/t2*14-,17+,19+/m10/s1. The lowest BCUT2D eigenvalue weighted by Crippen LogP contribution is -2.74. The summed E-state index contributed by atoms with van der Waals surface area (Å²) in [6.45, 7) is 4.12. The highest BCUT2D eigenvalue weighted by Gasteiger charge is 2.64. The Morgan fingerprint density at radius 3 is 1.30 bits per heavy atom. The number of amides is 2. The summed E-state index contributed by atoms with van der Waals surface area (Å²) in [5, 5.41) is 0. The summed E-state index contributed by atoms with van der Waals surface area (Å²) in [5.41, 5.74) is 3.01. The summed E-state index contributed by atoms with van der Waals surface area (Å²) >= 11 is 0. The van der Waals surface area contributed by atoms with Crippen molar-refractivity contribution < 1.29 is 19.1 Å². The highest BCUT2D eigenvalue weighted by molar-refractivity contribution is 6.01. The van der Waals surface area contributed by atoms with E-state index in [0.717, 1.165) is 59.9 Å². The number of carbonyl (C=O) groups excluding carboxylic acids is 2. The van der Waals surface area contributed by atoms with Crippen LogP contribution < -0.4 is 29.1 Å². The first-order chi connectivity index (χ1) is 22.4. The summed E-state index contributed by atoms with van der Waals surface area (Å²) in [6.07, 6.45) is 3.74. The van der Waals surface area contributed by atoms with Crippen molar-refractivity contribution in [2.24, 2.45) is 11.8 Å². The number of anilines is 4. The largest absolute Gasteiger partial charge is 0.465 e. The van der Waals surface area contributed by atoms with E-state index in [-0.39, 0.29) is 36.0 Å². The topological polar surface area (TPSA) is 65.6 Å². The molecule has 6 fully saturated rings. The molecule has 232 valence electrons. The number of nitrogens with zero attached hydrogens (tertiary/aromatic N) is 4. The van der Waals surface area contributed by atoms with E-state index >= 15 is 0 Å². The van der Waals surface area contributed by atoms with Crippen LogP contribution in [-0.4, -0.2) is 35.6 Å². The molecule has 4 bridgehead atoms. The SMILES string of the molecule is C[C@@]12Oc3ccccc3N1[C@H]1CC[C@@H]2C(=O)N1c1ccccc1.C[C@]12Oc3ccccc3N1[C@@H]1CC[C@H]2C(=O)N1c1ccccc1. The van der Waals surface area contributed by atoms with Crippen molar-refractivity contribution in [1.82, 2.24) is 0 Å². The number of piperidine rings is 4. The maximum Gasteiger partial charge on any atom is 0.237 e. The summed E-state index contributed by atoms with van der Waals surface area (Å²) in [4.78, 5) is 34.8. The Bertz CT molecular complexity index is 1720. The fourth-order valence-electron chi connectivity index (χ4n) is 8.92. The number of rotatable bonds is 2. The quantitative estimate of drug-likeness (QED) is 0.249. The third-order valence-corrected chi connectivity index (χ3v) is 10.9. The highest BCUT2D eigenvalue weighted by Crippen LogP contribution is 2.56. The van der Waals surface area contributed by atoms with Crippen LogP contribution in [0.1, 0.15) is 39.5 Å². The molecule has 8 aliphatic rings. The number of para-hydroxylation sites is 6. The molecular weight excluding hydrogens is 576 g/mol. The molecule has 8 aliphatic heterocycles. The average Bonchev–Trinajstić information content (AvgIpc) is 3.59. The number of benzene rings is 4. The molecule has 0 N–H and O–H groups in total. The minimum Gasteiger partial charge on any atom is -0.465 e. The van der Waals surface area contributed by atoms with Gasteiger partial charge in [-0.3, -0.25) is 19.4 Å². The minimum absolute atomic E-state index is 0.0172. The number of ether oxygens (including phenoxy) is 2. The molecule has 12 rings (SSSR count). The zero-order valence-corrected chi connectivity index (χ0v) is 26.0. The fourth-order valence-corrected chi connectivity index (χ4v) is 8.92. The van der Waals surface area contributed by atoms with Crippen molar-refractivity contribution in [1.29, 1.82) is 0 Å². The van der Waals surface area contributed by atoms with Crippen molar-refractivity contribution in [3.05, 3.63) is 109 Å². The van der Waals surface area contributed by atoms with E-state index in [1.807, 2.05) is 107 Å². The van der Waals surface area contributed by atoms with Crippen molar-refractivity contribution in [3.8, 4) is 11.5 Å². The Hall–Kier alpha value is -4.98. The summed E-state index contributed by atoms with van der Waals surface area (Å²) in [5.74, 6) is 1.85. The van der Waals surface area contributed by atoms with Gasteiger partial charge in [0.15, 0.2) is 11.4 Å². The van der Waals surface area contributed by atoms with Gasteiger partial charge in [-0.2, -0.15) is 0 Å². The molecule has 6 atom stereocenters. The maximum atomic E-state index is 13.1. The van der Waals surface area contributed by atoms with Gasteiger partial charge in [-0.15, -0.1) is 0 Å². The molecule has 0 aliphatic carbocycles. The van der Waals surface area contributed by atoms with Crippen molar-refractivity contribution in [2.45, 2.75) is 63.3 Å². The lowest BCUT2D eigenvalue weighted by atomic mass is 9.79. The number of carbonyl (C=O) groups is 2. The second kappa shape index (κ2) is 9.76. The van der Waals surface area contributed by atoms with Gasteiger partial charge in [-0.05, 0) is 88.1 Å². The van der Waals surface area contributed by atoms with E-state index in [9.17, 15) is 9.59 Å². The predicted molar refractivity (Wildman–Crippen MR) is 177 cm³/mol. The van der Waals surface area contributed by atoms with Gasteiger partial charge in [0.1, 0.15) is 23.8 Å². The monoisotopic (exact) mass is 612 g/mol. The number of hydrogen-bond donors (Lipinski definition) is 0. The molecule has 0 saturated carbocycles. The van der Waals surface area contributed by atoms with Crippen LogP contribution in [0, 0.1) is 11.8 Å². The molecule has 4 aromatic carbocycles. The molecule has 8 nitrogen and oxygen atoms in total. The molecule has 8 heterocycles. The first-order valence-corrected chi connectivity index (χ1v) is 16.3. The Morgan fingerprint density at radius 1 is 0.522 bits per heavy atom. The van der Waals surface area contributed by atoms with Gasteiger partial charge in [0.25, 0.3) is 0 Å². The second-order valence-corrected chi connectivity index (χ2v) is 13.3.